The minimum atomic E-state index is -1.98. The Morgan fingerprint density at radius 1 is 0.407 bits per heavy atom. The molecule has 0 aromatic rings. The number of carbonyl (C=O) groups excluding carboxylic acids is 1. The Morgan fingerprint density at radius 3 is 1.19 bits per heavy atom. The Hall–Kier alpha value is -2.51. The first-order valence-electron chi connectivity index (χ1n) is 36.0. The normalized spacial score (nSPS) is 28.2. The zero-order valence-corrected chi connectivity index (χ0v) is 56.1. The number of ether oxygens (including phenoxy) is 6. The summed E-state index contributed by atoms with van der Waals surface area (Å²) in [5.74, 6) is -0.276. The molecule has 0 aromatic heterocycles. The Morgan fingerprint density at radius 2 is 0.758 bits per heavy atom. The first kappa shape index (κ1) is 82.7. The summed E-state index contributed by atoms with van der Waals surface area (Å²) in [5, 5.41) is 120. The molecular formula is C72H129NO18. The lowest BCUT2D eigenvalue weighted by Crippen LogP contribution is -2.66. The van der Waals surface area contributed by atoms with Crippen molar-refractivity contribution in [3.8, 4) is 0 Å². The molecule has 530 valence electrons. The molecular weight excluding hydrogens is 1170 g/mol. The molecule has 3 saturated heterocycles. The van der Waals surface area contributed by atoms with Crippen LogP contribution in [0.2, 0.25) is 0 Å². The predicted molar refractivity (Wildman–Crippen MR) is 355 cm³/mol. The van der Waals surface area contributed by atoms with Gasteiger partial charge >= 0.3 is 0 Å². The van der Waals surface area contributed by atoms with E-state index in [0.29, 0.717) is 6.42 Å². The van der Waals surface area contributed by atoms with E-state index < -0.39 is 124 Å². The molecule has 3 aliphatic heterocycles. The van der Waals surface area contributed by atoms with Gasteiger partial charge in [0.25, 0.3) is 0 Å². The Balaban J connectivity index is 1.28. The summed E-state index contributed by atoms with van der Waals surface area (Å²) in [5.41, 5.74) is 0. The lowest BCUT2D eigenvalue weighted by molar-refractivity contribution is -0.379. The number of rotatable bonds is 55. The highest BCUT2D eigenvalue weighted by Gasteiger charge is 2.53. The van der Waals surface area contributed by atoms with E-state index in [4.69, 9.17) is 28.4 Å². The molecule has 3 aliphatic rings. The van der Waals surface area contributed by atoms with Crippen LogP contribution in [0.15, 0.2) is 60.8 Å². The minimum Gasteiger partial charge on any atom is -0.394 e. The number of allylic oxidation sites excluding steroid dienone is 9. The number of amides is 1. The van der Waals surface area contributed by atoms with E-state index in [2.05, 4.69) is 67.8 Å². The van der Waals surface area contributed by atoms with Crippen molar-refractivity contribution >= 4 is 5.91 Å². The summed E-state index contributed by atoms with van der Waals surface area (Å²) < 4.78 is 34.3. The van der Waals surface area contributed by atoms with Crippen molar-refractivity contribution in [3.05, 3.63) is 60.8 Å². The van der Waals surface area contributed by atoms with Crippen LogP contribution in [-0.2, 0) is 33.2 Å². The fourth-order valence-electron chi connectivity index (χ4n) is 12.0. The van der Waals surface area contributed by atoms with Crippen LogP contribution in [-0.4, -0.2) is 193 Å². The first-order valence-corrected chi connectivity index (χ1v) is 36.0. The number of carbonyl (C=O) groups is 1. The molecule has 0 aromatic carbocycles. The van der Waals surface area contributed by atoms with Gasteiger partial charge in [-0.15, -0.1) is 0 Å². The molecule has 19 heteroatoms. The SMILES string of the molecule is CC/C=C\C/C=C\C/C=C\C/C=C\CCCCCCCCCCCCCCCCCCCCCCCCCCC(=O)NC(COC1OC(CO)C(OC2OC(CO)C(OC3OC(CO)C(O)C(O)C3O)C(O)C2O)C(O)C1O)C(O)/C=C/CCCCCCCCC. The first-order chi connectivity index (χ1) is 44.3. The molecule has 1 amide bonds. The van der Waals surface area contributed by atoms with E-state index in [1.54, 1.807) is 6.08 Å². The van der Waals surface area contributed by atoms with Gasteiger partial charge in [-0.25, -0.2) is 0 Å². The van der Waals surface area contributed by atoms with Gasteiger partial charge in [-0.2, -0.15) is 0 Å². The highest BCUT2D eigenvalue weighted by atomic mass is 16.8. The monoisotopic (exact) mass is 1300 g/mol. The van der Waals surface area contributed by atoms with Gasteiger partial charge in [0.2, 0.25) is 5.91 Å². The molecule has 0 spiro atoms. The Bertz CT molecular complexity index is 1890. The lowest BCUT2D eigenvalue weighted by atomic mass is 9.96. The van der Waals surface area contributed by atoms with Crippen LogP contribution in [0.1, 0.15) is 258 Å². The topological polar surface area (TPSA) is 307 Å². The summed E-state index contributed by atoms with van der Waals surface area (Å²) in [6.07, 6.45) is 39.7. The number of aliphatic hydroxyl groups excluding tert-OH is 11. The number of hydrogen-bond acceptors (Lipinski definition) is 18. The van der Waals surface area contributed by atoms with E-state index in [1.807, 2.05) is 6.08 Å². The van der Waals surface area contributed by atoms with Crippen LogP contribution in [0.25, 0.3) is 0 Å². The molecule has 19 nitrogen and oxygen atoms in total. The standard InChI is InChI=1S/C72H129NO18/c1-3-5-7-9-11-13-14-15-16-17-18-19-20-21-22-23-24-25-26-27-28-29-30-31-32-33-34-35-36-37-38-39-40-42-44-46-48-50-60(78)73-55(56(77)49-47-45-43-41-12-10-8-6-4-2)54-86-70-66(84)63(81)68(58(52-75)88-70)91-72-67(85)64(82)69(59(53-76)89-72)90-71-65(83)62(80)61(79)57(51-74)87-71/h5,7,11,13,15-16,18-19,47,49,55-59,61-72,74-77,79-85H,3-4,6,8-10,12,14,17,20-46,48,50-54H2,1-2H3,(H,73,78)/b7-5-,13-11-,16-15-,19-18-,49-47+. The van der Waals surface area contributed by atoms with Gasteiger partial charge < -0.3 is 89.9 Å². The fraction of sp³-hybridized carbons (Fsp3) is 0.847. The molecule has 0 saturated carbocycles. The average Bonchev–Trinajstić information content (AvgIpc) is 0.826. The molecule has 17 unspecified atom stereocenters. The maximum Gasteiger partial charge on any atom is 0.220 e. The van der Waals surface area contributed by atoms with Crippen molar-refractivity contribution in [1.29, 1.82) is 0 Å². The van der Waals surface area contributed by atoms with Gasteiger partial charge in [-0.3, -0.25) is 4.79 Å². The summed E-state index contributed by atoms with van der Waals surface area (Å²) in [6.45, 7) is 1.58. The molecule has 3 heterocycles. The molecule has 17 atom stereocenters. The van der Waals surface area contributed by atoms with Crippen molar-refractivity contribution < 1.29 is 89.4 Å². The second-order valence-electron chi connectivity index (χ2n) is 25.7. The van der Waals surface area contributed by atoms with Gasteiger partial charge in [0.05, 0.1) is 38.6 Å². The van der Waals surface area contributed by atoms with Crippen molar-refractivity contribution in [2.24, 2.45) is 0 Å². The molecule has 0 bridgehead atoms. The van der Waals surface area contributed by atoms with E-state index in [-0.39, 0.29) is 18.9 Å². The molecule has 0 radical (unpaired) electrons. The van der Waals surface area contributed by atoms with Crippen molar-refractivity contribution in [2.75, 3.05) is 26.4 Å². The summed E-state index contributed by atoms with van der Waals surface area (Å²) in [6, 6.07) is -0.970. The largest absolute Gasteiger partial charge is 0.394 e. The average molecular weight is 1300 g/mol. The Kier molecular flexibility index (Phi) is 48.7. The van der Waals surface area contributed by atoms with E-state index in [9.17, 15) is 61.0 Å². The van der Waals surface area contributed by atoms with Crippen LogP contribution < -0.4 is 5.32 Å². The van der Waals surface area contributed by atoms with Crippen molar-refractivity contribution in [1.82, 2.24) is 5.32 Å². The van der Waals surface area contributed by atoms with Crippen molar-refractivity contribution in [2.45, 2.75) is 362 Å². The van der Waals surface area contributed by atoms with E-state index in [0.717, 1.165) is 70.6 Å². The Labute approximate surface area is 547 Å². The van der Waals surface area contributed by atoms with Crippen LogP contribution in [0.5, 0.6) is 0 Å². The smallest absolute Gasteiger partial charge is 0.220 e. The fourth-order valence-corrected chi connectivity index (χ4v) is 12.0. The van der Waals surface area contributed by atoms with Crippen LogP contribution >= 0.6 is 0 Å². The van der Waals surface area contributed by atoms with Crippen molar-refractivity contribution in [3.63, 3.8) is 0 Å². The van der Waals surface area contributed by atoms with Gasteiger partial charge in [0, 0.05) is 6.42 Å². The molecule has 3 fully saturated rings. The number of unbranched alkanes of at least 4 members (excludes halogenated alkanes) is 31. The van der Waals surface area contributed by atoms with Gasteiger partial charge in [0.1, 0.15) is 73.2 Å². The highest BCUT2D eigenvalue weighted by molar-refractivity contribution is 5.76. The van der Waals surface area contributed by atoms with Crippen LogP contribution in [0.3, 0.4) is 0 Å². The third-order valence-corrected chi connectivity index (χ3v) is 17.8. The second-order valence-corrected chi connectivity index (χ2v) is 25.7. The summed E-state index contributed by atoms with van der Waals surface area (Å²) >= 11 is 0. The number of hydrogen-bond donors (Lipinski definition) is 12. The van der Waals surface area contributed by atoms with Gasteiger partial charge in [0.15, 0.2) is 18.9 Å². The minimum absolute atomic E-state index is 0.245. The zero-order valence-electron chi connectivity index (χ0n) is 56.1. The summed E-state index contributed by atoms with van der Waals surface area (Å²) in [7, 11) is 0. The summed E-state index contributed by atoms with van der Waals surface area (Å²) in [4.78, 5) is 13.3. The van der Waals surface area contributed by atoms with Crippen LogP contribution in [0, 0.1) is 0 Å². The predicted octanol–water partition coefficient (Wildman–Crippen LogP) is 9.94. The number of nitrogens with one attached hydrogen (secondary N) is 1. The quantitative estimate of drug-likeness (QED) is 0.0199. The zero-order chi connectivity index (χ0) is 66.1. The van der Waals surface area contributed by atoms with Gasteiger partial charge in [-0.05, 0) is 57.8 Å². The molecule has 12 N–H and O–H groups in total. The highest BCUT2D eigenvalue weighted by Crippen LogP contribution is 2.33. The lowest BCUT2D eigenvalue weighted by Gasteiger charge is -2.48. The van der Waals surface area contributed by atoms with Crippen LogP contribution in [0.4, 0.5) is 0 Å². The van der Waals surface area contributed by atoms with E-state index in [1.165, 1.54) is 161 Å². The number of aliphatic hydroxyl groups is 11. The van der Waals surface area contributed by atoms with E-state index >= 15 is 0 Å². The third-order valence-electron chi connectivity index (χ3n) is 17.8. The molecule has 0 aliphatic carbocycles. The molecule has 3 rings (SSSR count). The third kappa shape index (κ3) is 35.4. The maximum atomic E-state index is 13.3. The maximum absolute atomic E-state index is 13.3. The molecule has 91 heavy (non-hydrogen) atoms. The second kappa shape index (κ2) is 53.6. The van der Waals surface area contributed by atoms with Gasteiger partial charge in [-0.1, -0.05) is 254 Å².